The van der Waals surface area contributed by atoms with E-state index in [1.54, 1.807) is 22.7 Å². The zero-order chi connectivity index (χ0) is 11.4. The quantitative estimate of drug-likeness (QED) is 0.789. The van der Waals surface area contributed by atoms with Crippen molar-refractivity contribution in [3.63, 3.8) is 0 Å². The van der Waals surface area contributed by atoms with Gasteiger partial charge in [0.2, 0.25) is 0 Å². The van der Waals surface area contributed by atoms with Gasteiger partial charge >= 0.3 is 0 Å². The van der Waals surface area contributed by atoms with E-state index < -0.39 is 0 Å². The second-order valence-corrected chi connectivity index (χ2v) is 6.28. The lowest BCUT2D eigenvalue weighted by Gasteiger charge is -2.06. The predicted octanol–water partition coefficient (Wildman–Crippen LogP) is 3.24. The maximum absolute atomic E-state index is 4.63. The summed E-state index contributed by atoms with van der Waals surface area (Å²) >= 11 is 3.59. The van der Waals surface area contributed by atoms with Crippen LogP contribution in [0.4, 0.5) is 0 Å². The number of hydrogen-bond acceptors (Lipinski definition) is 4. The van der Waals surface area contributed by atoms with Gasteiger partial charge in [0.05, 0.1) is 0 Å². The molecule has 0 saturated heterocycles. The van der Waals surface area contributed by atoms with Crippen molar-refractivity contribution in [1.29, 1.82) is 0 Å². The topological polar surface area (TPSA) is 15.6 Å². The Morgan fingerprint density at radius 1 is 1.12 bits per heavy atom. The molecular weight excluding hydrogens is 272 g/mol. The maximum Gasteiger partial charge on any atom is 0.167 e. The summed E-state index contributed by atoms with van der Waals surface area (Å²) in [7, 11) is 4.20. The minimum Gasteiger partial charge on any atom is -0.309 e. The summed E-state index contributed by atoms with van der Waals surface area (Å²) in [5.41, 5.74) is 0. The van der Waals surface area contributed by atoms with Crippen molar-refractivity contribution in [3.05, 3.63) is 28.3 Å². The summed E-state index contributed by atoms with van der Waals surface area (Å²) in [5, 5.41) is 0. The second-order valence-electron chi connectivity index (χ2n) is 3.96. The fourth-order valence-electron chi connectivity index (χ4n) is 1.45. The molecule has 0 saturated carbocycles. The molecule has 0 radical (unpaired) electrons. The Bertz CT molecular complexity index is 480. The summed E-state index contributed by atoms with van der Waals surface area (Å²) < 4.78 is 3.89. The van der Waals surface area contributed by atoms with Gasteiger partial charge < -0.3 is 4.90 Å². The Morgan fingerprint density at radius 3 is 2.24 bits per heavy atom. The van der Waals surface area contributed by atoms with Crippen molar-refractivity contribution < 1.29 is 0 Å². The van der Waals surface area contributed by atoms with Crippen LogP contribution >= 0.6 is 35.1 Å². The first-order valence-electron chi connectivity index (χ1n) is 5.39. The molecule has 0 bridgehead atoms. The lowest BCUT2D eigenvalue weighted by Crippen LogP contribution is -2.13. The van der Waals surface area contributed by atoms with Crippen LogP contribution in [0.15, 0.2) is 29.3 Å². The molecule has 0 aliphatic carbocycles. The van der Waals surface area contributed by atoms with Crippen LogP contribution in [0.3, 0.4) is 0 Å². The van der Waals surface area contributed by atoms with E-state index in [0.29, 0.717) is 0 Å². The van der Waals surface area contributed by atoms with Gasteiger partial charge in [-0.1, -0.05) is 12.1 Å². The Hall–Kier alpha value is -0.420. The van der Waals surface area contributed by atoms with Crippen molar-refractivity contribution >= 4 is 44.5 Å². The zero-order valence-corrected chi connectivity index (χ0v) is 12.5. The zero-order valence-electron chi connectivity index (χ0n) is 10.0. The summed E-state index contributed by atoms with van der Waals surface area (Å²) in [6, 6.07) is 8.49. The van der Waals surface area contributed by atoms with Crippen LogP contribution in [-0.4, -0.2) is 32.1 Å². The molecule has 1 heterocycles. The molecular formula is C12H17ClN2S2. The Balaban J connectivity index is 0.00000144. The minimum absolute atomic E-state index is 0. The third kappa shape index (κ3) is 4.39. The van der Waals surface area contributed by atoms with Gasteiger partial charge in [-0.25, -0.2) is 0 Å². The van der Waals surface area contributed by atoms with Gasteiger partial charge in [0.15, 0.2) is 3.98 Å². The van der Waals surface area contributed by atoms with Crippen molar-refractivity contribution in [2.45, 2.75) is 6.42 Å². The fraction of sp³-hybridized carbons (Fsp3) is 0.417. The van der Waals surface area contributed by atoms with Gasteiger partial charge in [-0.3, -0.25) is 4.99 Å². The largest absolute Gasteiger partial charge is 0.309 e. The van der Waals surface area contributed by atoms with Crippen molar-refractivity contribution in [2.75, 3.05) is 27.2 Å². The third-order valence-electron chi connectivity index (χ3n) is 2.25. The van der Waals surface area contributed by atoms with Gasteiger partial charge in [-0.05, 0) is 39.2 Å². The van der Waals surface area contributed by atoms with Crippen LogP contribution in [-0.2, 0) is 0 Å². The molecule has 0 unspecified atom stereocenters. The molecule has 2 aromatic rings. The van der Waals surface area contributed by atoms with Crippen LogP contribution in [0, 0.1) is 0 Å². The Kier molecular flexibility index (Phi) is 6.12. The molecule has 0 amide bonds. The van der Waals surface area contributed by atoms with E-state index in [4.69, 9.17) is 0 Å². The number of rotatable bonds is 4. The van der Waals surface area contributed by atoms with E-state index in [9.17, 15) is 0 Å². The van der Waals surface area contributed by atoms with Gasteiger partial charge in [-0.2, -0.15) is 0 Å². The normalized spacial score (nSPS) is 10.5. The molecule has 2 rings (SSSR count). The average molecular weight is 289 g/mol. The number of hydrogen-bond donors (Lipinski definition) is 0. The highest BCUT2D eigenvalue weighted by Gasteiger charge is 1.96. The van der Waals surface area contributed by atoms with Crippen LogP contribution < -0.4 is 3.98 Å². The summed E-state index contributed by atoms with van der Waals surface area (Å²) in [5.74, 6) is 0. The number of nitrogens with zero attached hydrogens (tertiary/aromatic N) is 2. The summed E-state index contributed by atoms with van der Waals surface area (Å²) in [6.45, 7) is 2.04. The van der Waals surface area contributed by atoms with Crippen LogP contribution in [0.5, 0.6) is 0 Å². The standard InChI is InChI=1S/C12H16N2S2.ClH/c1-14(2)9-5-8-13-12-15-10-6-3-4-7-11(10)16-12;/h3-4,6-7H,5,8-9H2,1-2H3;1H. The fourth-order valence-corrected chi connectivity index (χ4v) is 3.72. The lowest BCUT2D eigenvalue weighted by molar-refractivity contribution is 0.403. The van der Waals surface area contributed by atoms with Gasteiger partial charge in [0.1, 0.15) is 0 Å². The highest BCUT2D eigenvalue weighted by molar-refractivity contribution is 7.35. The molecule has 0 aliphatic heterocycles. The number of halogens is 1. The average Bonchev–Trinajstić information content (AvgIpc) is 2.66. The first-order valence-corrected chi connectivity index (χ1v) is 7.03. The van der Waals surface area contributed by atoms with E-state index in [0.717, 1.165) is 19.5 Å². The minimum atomic E-state index is 0. The van der Waals surface area contributed by atoms with E-state index in [1.165, 1.54) is 13.4 Å². The molecule has 0 spiro atoms. The molecule has 1 aromatic heterocycles. The molecule has 0 N–H and O–H groups in total. The highest BCUT2D eigenvalue weighted by atomic mass is 35.5. The molecule has 2 nitrogen and oxygen atoms in total. The van der Waals surface area contributed by atoms with Gasteiger partial charge in [0.25, 0.3) is 0 Å². The Morgan fingerprint density at radius 2 is 1.71 bits per heavy atom. The lowest BCUT2D eigenvalue weighted by atomic mass is 10.4. The summed E-state index contributed by atoms with van der Waals surface area (Å²) in [6.07, 6.45) is 1.13. The molecule has 0 atom stereocenters. The maximum atomic E-state index is 4.63. The molecule has 17 heavy (non-hydrogen) atoms. The van der Waals surface area contributed by atoms with Crippen LogP contribution in [0.2, 0.25) is 0 Å². The first-order chi connectivity index (χ1) is 7.75. The van der Waals surface area contributed by atoms with Crippen LogP contribution in [0.1, 0.15) is 6.42 Å². The third-order valence-corrected chi connectivity index (χ3v) is 4.64. The Labute approximate surface area is 116 Å². The van der Waals surface area contributed by atoms with Crippen LogP contribution in [0.25, 0.3) is 9.40 Å². The summed E-state index contributed by atoms with van der Waals surface area (Å²) in [4.78, 5) is 6.82. The molecule has 94 valence electrons. The van der Waals surface area contributed by atoms with E-state index in [-0.39, 0.29) is 12.4 Å². The molecule has 0 aliphatic rings. The van der Waals surface area contributed by atoms with E-state index >= 15 is 0 Å². The predicted molar refractivity (Wildman–Crippen MR) is 80.6 cm³/mol. The monoisotopic (exact) mass is 288 g/mol. The number of benzene rings is 1. The van der Waals surface area contributed by atoms with E-state index in [1.807, 2.05) is 0 Å². The molecule has 1 aromatic carbocycles. The molecule has 0 fully saturated rings. The van der Waals surface area contributed by atoms with Crippen molar-refractivity contribution in [2.24, 2.45) is 4.99 Å². The first kappa shape index (κ1) is 14.6. The van der Waals surface area contributed by atoms with Crippen molar-refractivity contribution in [3.8, 4) is 0 Å². The van der Waals surface area contributed by atoms with E-state index in [2.05, 4.69) is 48.3 Å². The second kappa shape index (κ2) is 7.11. The van der Waals surface area contributed by atoms with Gasteiger partial charge in [0, 0.05) is 15.9 Å². The number of fused-ring (bicyclic) bond motifs is 1. The SMILES string of the molecule is CN(C)CCCN=c1sc2ccccc2s1.Cl. The smallest absolute Gasteiger partial charge is 0.167 e. The van der Waals surface area contributed by atoms with Crippen molar-refractivity contribution in [1.82, 2.24) is 4.90 Å². The molecule has 5 heteroatoms. The van der Waals surface area contributed by atoms with Gasteiger partial charge in [-0.15, -0.1) is 35.1 Å². The highest BCUT2D eigenvalue weighted by Crippen LogP contribution is 2.20.